The number of amides is 1. The minimum Gasteiger partial charge on any atom is -0.462 e. The van der Waals surface area contributed by atoms with E-state index in [2.05, 4.69) is 38.3 Å². The van der Waals surface area contributed by atoms with Gasteiger partial charge in [-0.25, -0.2) is 4.79 Å². The van der Waals surface area contributed by atoms with Gasteiger partial charge in [-0.2, -0.15) is 0 Å². The van der Waals surface area contributed by atoms with Crippen LogP contribution in [0.3, 0.4) is 0 Å². The molecule has 0 saturated heterocycles. The van der Waals surface area contributed by atoms with Crippen LogP contribution in [-0.2, 0) is 16.7 Å². The van der Waals surface area contributed by atoms with Crippen LogP contribution in [-0.4, -0.2) is 24.0 Å². The Hall–Kier alpha value is -2.70. The summed E-state index contributed by atoms with van der Waals surface area (Å²) in [6.07, 6.45) is 0.683. The summed E-state index contributed by atoms with van der Waals surface area (Å²) in [5, 5.41) is 9.28. The Labute approximate surface area is 186 Å². The van der Waals surface area contributed by atoms with E-state index >= 15 is 0 Å². The molecule has 0 bridgehead atoms. The maximum atomic E-state index is 13.1. The van der Waals surface area contributed by atoms with Gasteiger partial charge < -0.3 is 15.4 Å². The van der Waals surface area contributed by atoms with Crippen molar-refractivity contribution in [2.24, 2.45) is 0 Å². The summed E-state index contributed by atoms with van der Waals surface area (Å²) in [6.45, 7) is 10.5. The molecule has 1 aliphatic heterocycles. The first-order valence-electron chi connectivity index (χ1n) is 10.5. The minimum atomic E-state index is -0.387. The van der Waals surface area contributed by atoms with Gasteiger partial charge in [0.2, 0.25) is 0 Å². The van der Waals surface area contributed by atoms with E-state index < -0.39 is 0 Å². The second-order valence-corrected chi connectivity index (χ2v) is 10.2. The predicted octanol–water partition coefficient (Wildman–Crippen LogP) is 5.49. The molecule has 0 radical (unpaired) electrons. The lowest BCUT2D eigenvalue weighted by atomic mass is 9.81. The zero-order valence-electron chi connectivity index (χ0n) is 18.6. The van der Waals surface area contributed by atoms with Crippen molar-refractivity contribution in [1.29, 1.82) is 0 Å². The lowest BCUT2D eigenvalue weighted by molar-refractivity contribution is 0.0526. The third-order valence-corrected chi connectivity index (χ3v) is 7.03. The number of carbonyl (C=O) groups is 2. The van der Waals surface area contributed by atoms with Crippen LogP contribution in [0.2, 0.25) is 0 Å². The fourth-order valence-electron chi connectivity index (χ4n) is 4.54. The molecule has 0 unspecified atom stereocenters. The second kappa shape index (κ2) is 7.77. The standard InChI is InChI=1S/C25H28N2O3S/c1-6-30-23(29)19-18-14-24(2,3)27-25(4,5)20(18)31-22(19)26-21(28)17-12-11-15-9-7-8-10-16(15)13-17/h7-13,27H,6,14H2,1-5H3,(H,26,28). The highest BCUT2D eigenvalue weighted by atomic mass is 32.1. The van der Waals surface area contributed by atoms with Crippen LogP contribution >= 0.6 is 11.3 Å². The Bertz CT molecular complexity index is 1180. The molecule has 1 aromatic heterocycles. The summed E-state index contributed by atoms with van der Waals surface area (Å²) in [5.74, 6) is -0.623. The summed E-state index contributed by atoms with van der Waals surface area (Å²) in [6, 6.07) is 13.5. The van der Waals surface area contributed by atoms with Gasteiger partial charge in [0.25, 0.3) is 5.91 Å². The molecule has 31 heavy (non-hydrogen) atoms. The average molecular weight is 437 g/mol. The van der Waals surface area contributed by atoms with Gasteiger partial charge >= 0.3 is 5.97 Å². The molecule has 0 saturated carbocycles. The van der Waals surface area contributed by atoms with Crippen LogP contribution in [0.15, 0.2) is 42.5 Å². The number of carbonyl (C=O) groups excluding carboxylic acids is 2. The van der Waals surface area contributed by atoms with Crippen molar-refractivity contribution in [3.05, 3.63) is 64.0 Å². The lowest BCUT2D eigenvalue weighted by Gasteiger charge is -2.42. The largest absolute Gasteiger partial charge is 0.462 e. The maximum Gasteiger partial charge on any atom is 0.341 e. The normalized spacial score (nSPS) is 16.5. The minimum absolute atomic E-state index is 0.182. The smallest absolute Gasteiger partial charge is 0.341 e. The summed E-state index contributed by atoms with van der Waals surface area (Å²) >= 11 is 1.46. The number of rotatable bonds is 4. The van der Waals surface area contributed by atoms with E-state index in [1.165, 1.54) is 11.3 Å². The fraction of sp³-hybridized carbons (Fsp3) is 0.360. The van der Waals surface area contributed by atoms with Crippen LogP contribution in [0.25, 0.3) is 10.8 Å². The molecular weight excluding hydrogens is 408 g/mol. The predicted molar refractivity (Wildman–Crippen MR) is 126 cm³/mol. The van der Waals surface area contributed by atoms with Crippen LogP contribution < -0.4 is 10.6 Å². The molecule has 2 aromatic carbocycles. The first-order chi connectivity index (χ1) is 14.6. The molecule has 4 rings (SSSR count). The highest BCUT2D eigenvalue weighted by Gasteiger charge is 2.42. The Morgan fingerprint density at radius 2 is 1.81 bits per heavy atom. The molecule has 0 spiro atoms. The first-order valence-corrected chi connectivity index (χ1v) is 11.4. The number of hydrogen-bond acceptors (Lipinski definition) is 5. The molecule has 162 valence electrons. The number of benzene rings is 2. The molecule has 1 aliphatic rings. The quantitative estimate of drug-likeness (QED) is 0.531. The summed E-state index contributed by atoms with van der Waals surface area (Å²) in [5.41, 5.74) is 1.50. The molecule has 0 aliphatic carbocycles. The van der Waals surface area contributed by atoms with Crippen molar-refractivity contribution in [2.45, 2.75) is 52.1 Å². The molecule has 6 heteroatoms. The highest BCUT2D eigenvalue weighted by Crippen LogP contribution is 2.45. The van der Waals surface area contributed by atoms with E-state index in [0.717, 1.165) is 21.2 Å². The molecule has 2 N–H and O–H groups in total. The van der Waals surface area contributed by atoms with Gasteiger partial charge in [0, 0.05) is 21.5 Å². The number of fused-ring (bicyclic) bond motifs is 2. The monoisotopic (exact) mass is 436 g/mol. The van der Waals surface area contributed by atoms with Gasteiger partial charge in [-0.15, -0.1) is 11.3 Å². The van der Waals surface area contributed by atoms with Crippen molar-refractivity contribution >= 4 is 39.0 Å². The maximum absolute atomic E-state index is 13.1. The van der Waals surface area contributed by atoms with E-state index in [-0.39, 0.29) is 29.6 Å². The van der Waals surface area contributed by atoms with E-state index in [0.29, 0.717) is 22.5 Å². The fourth-order valence-corrected chi connectivity index (χ4v) is 5.80. The number of hydrogen-bond donors (Lipinski definition) is 2. The molecule has 1 amide bonds. The number of nitrogens with one attached hydrogen (secondary N) is 2. The van der Waals surface area contributed by atoms with Crippen LogP contribution in [0, 0.1) is 0 Å². The Balaban J connectivity index is 1.76. The molecule has 2 heterocycles. The van der Waals surface area contributed by atoms with E-state index in [9.17, 15) is 9.59 Å². The second-order valence-electron chi connectivity index (χ2n) is 9.16. The SMILES string of the molecule is CCOC(=O)c1c(NC(=O)c2ccc3ccccc3c2)sc2c1CC(C)(C)NC2(C)C. The van der Waals surface area contributed by atoms with E-state index in [1.807, 2.05) is 42.5 Å². The van der Waals surface area contributed by atoms with E-state index in [4.69, 9.17) is 4.74 Å². The van der Waals surface area contributed by atoms with Gasteiger partial charge in [0.1, 0.15) is 5.00 Å². The van der Waals surface area contributed by atoms with E-state index in [1.54, 1.807) is 6.92 Å². The van der Waals surface area contributed by atoms with Gasteiger partial charge in [-0.3, -0.25) is 4.79 Å². The Morgan fingerprint density at radius 3 is 2.52 bits per heavy atom. The number of thiophene rings is 1. The van der Waals surface area contributed by atoms with Gasteiger partial charge in [0.15, 0.2) is 0 Å². The Morgan fingerprint density at radius 1 is 1.10 bits per heavy atom. The number of anilines is 1. The number of ether oxygens (including phenoxy) is 1. The molecular formula is C25H28N2O3S. The first kappa shape index (κ1) is 21.5. The molecule has 3 aromatic rings. The average Bonchev–Trinajstić information content (AvgIpc) is 3.04. The van der Waals surface area contributed by atoms with Crippen LogP contribution in [0.1, 0.15) is 65.8 Å². The van der Waals surface area contributed by atoms with Crippen LogP contribution in [0.5, 0.6) is 0 Å². The topological polar surface area (TPSA) is 67.4 Å². The summed E-state index contributed by atoms with van der Waals surface area (Å²) in [7, 11) is 0. The third-order valence-electron chi connectivity index (χ3n) is 5.56. The molecule has 0 fully saturated rings. The summed E-state index contributed by atoms with van der Waals surface area (Å²) in [4.78, 5) is 27.1. The van der Waals surface area contributed by atoms with Gasteiger partial charge in [-0.1, -0.05) is 30.3 Å². The van der Waals surface area contributed by atoms with Crippen molar-refractivity contribution < 1.29 is 14.3 Å². The number of esters is 1. The molecule has 0 atom stereocenters. The van der Waals surface area contributed by atoms with Crippen LogP contribution in [0.4, 0.5) is 5.00 Å². The highest BCUT2D eigenvalue weighted by molar-refractivity contribution is 7.17. The lowest BCUT2D eigenvalue weighted by Crippen LogP contribution is -2.55. The summed E-state index contributed by atoms with van der Waals surface area (Å²) < 4.78 is 5.37. The zero-order valence-corrected chi connectivity index (χ0v) is 19.4. The Kier molecular flexibility index (Phi) is 5.40. The van der Waals surface area contributed by atoms with Gasteiger partial charge in [-0.05, 0) is 69.5 Å². The van der Waals surface area contributed by atoms with Gasteiger partial charge in [0.05, 0.1) is 12.2 Å². The van der Waals surface area contributed by atoms with Crippen molar-refractivity contribution in [1.82, 2.24) is 5.32 Å². The van der Waals surface area contributed by atoms with Crippen molar-refractivity contribution in [3.8, 4) is 0 Å². The zero-order chi connectivity index (χ0) is 22.4. The van der Waals surface area contributed by atoms with Crippen molar-refractivity contribution in [3.63, 3.8) is 0 Å². The molecule has 5 nitrogen and oxygen atoms in total. The van der Waals surface area contributed by atoms with Crippen molar-refractivity contribution in [2.75, 3.05) is 11.9 Å². The third kappa shape index (κ3) is 4.10.